The third-order valence-corrected chi connectivity index (χ3v) is 10.1. The van der Waals surface area contributed by atoms with Crippen LogP contribution in [0.5, 0.6) is 5.75 Å². The fraction of sp³-hybridized carbons (Fsp3) is 0.303. The van der Waals surface area contributed by atoms with Crippen LogP contribution in [0.25, 0.3) is 0 Å². The first-order valence-corrected chi connectivity index (χ1v) is 16.2. The van der Waals surface area contributed by atoms with Crippen molar-refractivity contribution in [1.82, 2.24) is 14.3 Å². The number of hydrogen-bond acceptors (Lipinski definition) is 8. The van der Waals surface area contributed by atoms with E-state index in [1.54, 1.807) is 30.5 Å². The molecule has 1 aromatic heterocycles. The van der Waals surface area contributed by atoms with Crippen LogP contribution >= 0.6 is 0 Å². The van der Waals surface area contributed by atoms with E-state index in [0.29, 0.717) is 49.9 Å². The van der Waals surface area contributed by atoms with Crippen molar-refractivity contribution in [1.29, 1.82) is 0 Å². The Labute approximate surface area is 257 Å². The van der Waals surface area contributed by atoms with Crippen LogP contribution in [0.15, 0.2) is 77.8 Å². The summed E-state index contributed by atoms with van der Waals surface area (Å²) >= 11 is 0. The first-order chi connectivity index (χ1) is 21.3. The Balaban J connectivity index is 1.14. The summed E-state index contributed by atoms with van der Waals surface area (Å²) in [4.78, 5) is 22.6. The molecular weight excluding hydrogens is 576 g/mol. The lowest BCUT2D eigenvalue weighted by atomic mass is 9.94. The molecule has 3 heterocycles. The van der Waals surface area contributed by atoms with Crippen LogP contribution in [-0.4, -0.2) is 48.8 Å². The molecule has 11 heteroatoms. The summed E-state index contributed by atoms with van der Waals surface area (Å²) in [6.07, 6.45) is 4.89. The monoisotopic (exact) mass is 612 g/mol. The van der Waals surface area contributed by atoms with E-state index in [0.717, 1.165) is 46.6 Å². The summed E-state index contributed by atoms with van der Waals surface area (Å²) in [5, 5.41) is 9.86. The normalized spacial score (nSPS) is 15.5. The number of sulfonamides is 1. The summed E-state index contributed by atoms with van der Waals surface area (Å²) in [5.41, 5.74) is 5.67. The predicted octanol–water partition coefficient (Wildman–Crippen LogP) is 5.81. The largest absolute Gasteiger partial charge is 0.497 e. The average molecular weight is 613 g/mol. The van der Waals surface area contributed by atoms with E-state index in [9.17, 15) is 13.2 Å². The number of ether oxygens (including phenoxy) is 1. The second-order valence-electron chi connectivity index (χ2n) is 11.3. The van der Waals surface area contributed by atoms with E-state index in [1.807, 2.05) is 31.2 Å². The van der Waals surface area contributed by atoms with Crippen molar-refractivity contribution >= 4 is 44.8 Å². The number of benzene rings is 3. The standard InChI is InChI=1S/C33H36N6O4S/c1-22-21-34-33-36-26-6-3-5-23(17-26)9-10-25-19-27(35-32(22)38-33)11-12-30(25)37-31(40)18-24-13-15-39(16-14-24)44(41,42)29-8-4-7-28(20-29)43-2/h3-8,11-12,17,19-21,24H,9-10,13-16,18H2,1-2H3,(H,37,40)(H2,34,35,36,38). The molecule has 4 aromatic rings. The van der Waals surface area contributed by atoms with Gasteiger partial charge in [0.15, 0.2) is 0 Å². The molecule has 10 nitrogen and oxygen atoms in total. The number of anilines is 5. The Hall–Kier alpha value is -4.48. The molecule has 6 rings (SSSR count). The number of carbonyl (C=O) groups excluding carboxylic acids is 1. The fourth-order valence-corrected chi connectivity index (χ4v) is 7.21. The van der Waals surface area contributed by atoms with Gasteiger partial charge in [0.1, 0.15) is 11.6 Å². The van der Waals surface area contributed by atoms with Crippen LogP contribution in [0.1, 0.15) is 36.0 Å². The quantitative estimate of drug-likeness (QED) is 0.249. The van der Waals surface area contributed by atoms with Crippen molar-refractivity contribution in [3.05, 3.63) is 89.6 Å². The second-order valence-corrected chi connectivity index (χ2v) is 13.3. The SMILES string of the molecule is COc1cccc(S(=O)(=O)N2CCC(CC(=O)Nc3ccc4cc3CCc3cccc(c3)Nc3ncc(C)c(n3)N4)CC2)c1. The number of amides is 1. The molecule has 3 N–H and O–H groups in total. The molecule has 44 heavy (non-hydrogen) atoms. The predicted molar refractivity (Wildman–Crippen MR) is 171 cm³/mol. The highest BCUT2D eigenvalue weighted by molar-refractivity contribution is 7.89. The molecule has 3 aromatic carbocycles. The third-order valence-electron chi connectivity index (χ3n) is 8.21. The van der Waals surface area contributed by atoms with Gasteiger partial charge >= 0.3 is 0 Å². The van der Waals surface area contributed by atoms with E-state index < -0.39 is 10.0 Å². The number of rotatable bonds is 6. The van der Waals surface area contributed by atoms with Gasteiger partial charge in [0, 0.05) is 54.4 Å². The Morgan fingerprint density at radius 2 is 1.80 bits per heavy atom. The van der Waals surface area contributed by atoms with Gasteiger partial charge in [-0.05, 0) is 92.1 Å². The highest BCUT2D eigenvalue weighted by Gasteiger charge is 2.30. The minimum atomic E-state index is -3.62. The molecule has 2 aliphatic rings. The number of hydrogen-bond donors (Lipinski definition) is 3. The number of piperidine rings is 1. The van der Waals surface area contributed by atoms with Crippen LogP contribution in [0.4, 0.5) is 28.8 Å². The van der Waals surface area contributed by atoms with E-state index >= 15 is 0 Å². The summed E-state index contributed by atoms with van der Waals surface area (Å²) in [6.45, 7) is 2.71. The second kappa shape index (κ2) is 12.6. The molecule has 1 saturated heterocycles. The molecule has 0 radical (unpaired) electrons. The van der Waals surface area contributed by atoms with Crippen molar-refractivity contribution in [2.75, 3.05) is 36.1 Å². The Kier molecular flexibility index (Phi) is 8.49. The fourth-order valence-electron chi connectivity index (χ4n) is 5.71. The van der Waals surface area contributed by atoms with Crippen LogP contribution in [0, 0.1) is 12.8 Å². The average Bonchev–Trinajstić information content (AvgIpc) is 3.03. The van der Waals surface area contributed by atoms with Crippen molar-refractivity contribution < 1.29 is 17.9 Å². The summed E-state index contributed by atoms with van der Waals surface area (Å²) in [7, 11) is -2.11. The summed E-state index contributed by atoms with van der Waals surface area (Å²) in [6, 6.07) is 20.7. The number of methoxy groups -OCH3 is 1. The Morgan fingerprint density at radius 3 is 2.61 bits per heavy atom. The van der Waals surface area contributed by atoms with Gasteiger partial charge in [0.2, 0.25) is 21.9 Å². The highest BCUT2D eigenvalue weighted by Crippen LogP contribution is 2.30. The van der Waals surface area contributed by atoms with Gasteiger partial charge in [-0.15, -0.1) is 0 Å². The molecule has 2 aliphatic heterocycles. The molecule has 1 fully saturated rings. The topological polar surface area (TPSA) is 126 Å². The smallest absolute Gasteiger partial charge is 0.243 e. The Bertz CT molecular complexity index is 1790. The maximum Gasteiger partial charge on any atom is 0.243 e. The van der Waals surface area contributed by atoms with Gasteiger partial charge in [0.05, 0.1) is 12.0 Å². The van der Waals surface area contributed by atoms with Gasteiger partial charge in [-0.1, -0.05) is 18.2 Å². The van der Waals surface area contributed by atoms with Gasteiger partial charge in [0.25, 0.3) is 0 Å². The number of nitrogens with one attached hydrogen (secondary N) is 3. The van der Waals surface area contributed by atoms with Crippen LogP contribution in [0.3, 0.4) is 0 Å². The van der Waals surface area contributed by atoms with Gasteiger partial charge in [-0.25, -0.2) is 13.4 Å². The highest BCUT2D eigenvalue weighted by atomic mass is 32.2. The van der Waals surface area contributed by atoms with E-state index in [-0.39, 0.29) is 16.7 Å². The van der Waals surface area contributed by atoms with Crippen LogP contribution in [-0.2, 0) is 27.7 Å². The number of nitrogens with zero attached hydrogens (tertiary/aromatic N) is 3. The molecule has 228 valence electrons. The number of carbonyl (C=O) groups is 1. The maximum absolute atomic E-state index is 13.3. The first kappa shape index (κ1) is 29.6. The van der Waals surface area contributed by atoms with Crippen molar-refractivity contribution in [3.8, 4) is 5.75 Å². The zero-order valence-electron chi connectivity index (χ0n) is 24.8. The van der Waals surface area contributed by atoms with Gasteiger partial charge < -0.3 is 20.7 Å². The zero-order chi connectivity index (χ0) is 30.7. The lowest BCUT2D eigenvalue weighted by molar-refractivity contribution is -0.117. The van der Waals surface area contributed by atoms with E-state index in [4.69, 9.17) is 4.74 Å². The van der Waals surface area contributed by atoms with Crippen molar-refractivity contribution in [3.63, 3.8) is 0 Å². The lowest BCUT2D eigenvalue weighted by Crippen LogP contribution is -2.39. The molecular formula is C33H36N6O4S. The van der Waals surface area contributed by atoms with E-state index in [1.165, 1.54) is 11.4 Å². The minimum absolute atomic E-state index is 0.0681. The van der Waals surface area contributed by atoms with Gasteiger partial charge in [-0.2, -0.15) is 9.29 Å². The number of fused-ring (bicyclic) bond motifs is 6. The molecule has 6 bridgehead atoms. The number of aryl methyl sites for hydroxylation is 3. The minimum Gasteiger partial charge on any atom is -0.497 e. The third kappa shape index (κ3) is 6.68. The zero-order valence-corrected chi connectivity index (χ0v) is 25.7. The van der Waals surface area contributed by atoms with Crippen LogP contribution in [0.2, 0.25) is 0 Å². The molecule has 0 aliphatic carbocycles. The van der Waals surface area contributed by atoms with Gasteiger partial charge in [-0.3, -0.25) is 4.79 Å². The molecule has 0 unspecified atom stereocenters. The van der Waals surface area contributed by atoms with Crippen LogP contribution < -0.4 is 20.7 Å². The van der Waals surface area contributed by atoms with E-state index in [2.05, 4.69) is 44.1 Å². The summed E-state index contributed by atoms with van der Waals surface area (Å²) < 4.78 is 33.1. The number of aromatic nitrogens is 2. The lowest BCUT2D eigenvalue weighted by Gasteiger charge is -2.31. The Morgan fingerprint density at radius 1 is 1.00 bits per heavy atom. The molecule has 0 atom stereocenters. The maximum atomic E-state index is 13.3. The molecule has 1 amide bonds. The first-order valence-electron chi connectivity index (χ1n) is 14.8. The van der Waals surface area contributed by atoms with Crippen molar-refractivity contribution in [2.24, 2.45) is 5.92 Å². The summed E-state index contributed by atoms with van der Waals surface area (Å²) in [5.74, 6) is 1.76. The molecule has 0 saturated carbocycles. The molecule has 0 spiro atoms. The van der Waals surface area contributed by atoms with Crippen molar-refractivity contribution in [2.45, 2.75) is 43.9 Å².